The first kappa shape index (κ1) is 14.6. The van der Waals surface area contributed by atoms with Gasteiger partial charge in [0.2, 0.25) is 5.91 Å². The zero-order valence-corrected chi connectivity index (χ0v) is 11.5. The molecule has 1 N–H and O–H groups in total. The average molecular weight is 249 g/mol. The predicted molar refractivity (Wildman–Crippen MR) is 73.8 cm³/mol. The molecule has 0 aliphatic heterocycles. The Hall–Kier alpha value is -1.51. The Bertz CT molecular complexity index is 357. The third-order valence-electron chi connectivity index (χ3n) is 2.66. The average Bonchev–Trinajstić information content (AvgIpc) is 2.34. The Morgan fingerprint density at radius 3 is 2.56 bits per heavy atom. The van der Waals surface area contributed by atoms with E-state index in [1.165, 1.54) is 5.56 Å². The van der Waals surface area contributed by atoms with E-state index in [0.717, 1.165) is 12.2 Å². The third kappa shape index (κ3) is 6.28. The number of nitrogens with one attached hydrogen (secondary N) is 1. The van der Waals surface area contributed by atoms with E-state index < -0.39 is 0 Å². The van der Waals surface area contributed by atoms with Crippen LogP contribution >= 0.6 is 0 Å². The Balaban J connectivity index is 2.11. The minimum absolute atomic E-state index is 0.108. The fourth-order valence-electron chi connectivity index (χ4n) is 1.50. The Morgan fingerprint density at radius 2 is 1.94 bits per heavy atom. The van der Waals surface area contributed by atoms with Crippen molar-refractivity contribution in [3.05, 3.63) is 29.8 Å². The summed E-state index contributed by atoms with van der Waals surface area (Å²) in [5.41, 5.74) is 1.21. The maximum absolute atomic E-state index is 11.4. The van der Waals surface area contributed by atoms with Crippen molar-refractivity contribution in [2.24, 2.45) is 5.92 Å². The number of hydrogen-bond donors (Lipinski definition) is 1. The quantitative estimate of drug-likeness (QED) is 0.755. The van der Waals surface area contributed by atoms with Crippen molar-refractivity contribution in [3.63, 3.8) is 0 Å². The van der Waals surface area contributed by atoms with Gasteiger partial charge in [0, 0.05) is 6.42 Å². The van der Waals surface area contributed by atoms with Crippen LogP contribution in [0.3, 0.4) is 0 Å². The molecule has 3 nitrogen and oxygen atoms in total. The highest BCUT2D eigenvalue weighted by atomic mass is 16.5. The van der Waals surface area contributed by atoms with Gasteiger partial charge >= 0.3 is 0 Å². The summed E-state index contributed by atoms with van der Waals surface area (Å²) in [6, 6.07) is 7.90. The van der Waals surface area contributed by atoms with Crippen LogP contribution in [0.2, 0.25) is 0 Å². The van der Waals surface area contributed by atoms with E-state index in [1.54, 1.807) is 0 Å². The number of rotatable bonds is 7. The summed E-state index contributed by atoms with van der Waals surface area (Å²) in [5, 5.41) is 2.86. The van der Waals surface area contributed by atoms with E-state index in [2.05, 4.69) is 19.2 Å². The molecule has 0 saturated heterocycles. The normalized spacial score (nSPS) is 10.4. The summed E-state index contributed by atoms with van der Waals surface area (Å²) in [6.07, 6.45) is 1.53. The molecule has 0 aliphatic carbocycles. The van der Waals surface area contributed by atoms with Crippen LogP contribution < -0.4 is 10.1 Å². The Kier molecular flexibility index (Phi) is 6.26. The third-order valence-corrected chi connectivity index (χ3v) is 2.66. The number of benzene rings is 1. The summed E-state index contributed by atoms with van der Waals surface area (Å²) < 4.78 is 5.52. The molecule has 0 atom stereocenters. The smallest absolute Gasteiger partial charge is 0.220 e. The van der Waals surface area contributed by atoms with Gasteiger partial charge in [0.15, 0.2) is 0 Å². The van der Waals surface area contributed by atoms with Crippen molar-refractivity contribution >= 4 is 5.91 Å². The Morgan fingerprint density at radius 1 is 1.28 bits per heavy atom. The fraction of sp³-hybridized carbons (Fsp3) is 0.533. The summed E-state index contributed by atoms with van der Waals surface area (Å²) in [7, 11) is 0. The SMILES string of the molecule is Cc1ccc(OCCNC(=O)CCC(C)C)cc1. The maximum Gasteiger partial charge on any atom is 0.220 e. The van der Waals surface area contributed by atoms with E-state index >= 15 is 0 Å². The lowest BCUT2D eigenvalue weighted by molar-refractivity contribution is -0.121. The van der Waals surface area contributed by atoms with Gasteiger partial charge in [-0.05, 0) is 31.4 Å². The first-order valence-corrected chi connectivity index (χ1v) is 6.54. The second kappa shape index (κ2) is 7.75. The van der Waals surface area contributed by atoms with E-state index in [0.29, 0.717) is 25.5 Å². The van der Waals surface area contributed by atoms with Gasteiger partial charge in [-0.2, -0.15) is 0 Å². The summed E-state index contributed by atoms with van der Waals surface area (Å²) in [5.74, 6) is 1.52. The van der Waals surface area contributed by atoms with Crippen LogP contribution in [0, 0.1) is 12.8 Å². The highest BCUT2D eigenvalue weighted by Crippen LogP contribution is 2.10. The van der Waals surface area contributed by atoms with Crippen molar-refractivity contribution < 1.29 is 9.53 Å². The van der Waals surface area contributed by atoms with Crippen LogP contribution in [0.25, 0.3) is 0 Å². The first-order chi connectivity index (χ1) is 8.58. The molecule has 0 heterocycles. The van der Waals surface area contributed by atoms with Crippen molar-refractivity contribution in [1.82, 2.24) is 5.32 Å². The molecule has 100 valence electrons. The molecule has 0 saturated carbocycles. The molecular formula is C15H23NO2. The molecule has 18 heavy (non-hydrogen) atoms. The molecule has 0 unspecified atom stereocenters. The van der Waals surface area contributed by atoms with Gasteiger partial charge in [-0.15, -0.1) is 0 Å². The van der Waals surface area contributed by atoms with Gasteiger partial charge in [-0.3, -0.25) is 4.79 Å². The molecule has 0 radical (unpaired) electrons. The van der Waals surface area contributed by atoms with Gasteiger partial charge in [0.05, 0.1) is 6.54 Å². The minimum atomic E-state index is 0.108. The number of amides is 1. The molecule has 0 aliphatic rings. The van der Waals surface area contributed by atoms with Crippen LogP contribution in [0.4, 0.5) is 0 Å². The summed E-state index contributed by atoms with van der Waals surface area (Å²) in [6.45, 7) is 7.35. The molecular weight excluding hydrogens is 226 g/mol. The van der Waals surface area contributed by atoms with Crippen molar-refractivity contribution in [2.75, 3.05) is 13.2 Å². The van der Waals surface area contributed by atoms with Crippen LogP contribution in [0.15, 0.2) is 24.3 Å². The van der Waals surface area contributed by atoms with E-state index in [-0.39, 0.29) is 5.91 Å². The van der Waals surface area contributed by atoms with Gasteiger partial charge in [0.1, 0.15) is 12.4 Å². The molecule has 0 bridgehead atoms. The topological polar surface area (TPSA) is 38.3 Å². The molecule has 1 aromatic rings. The highest BCUT2D eigenvalue weighted by molar-refractivity contribution is 5.75. The second-order valence-electron chi connectivity index (χ2n) is 4.94. The van der Waals surface area contributed by atoms with Crippen molar-refractivity contribution in [2.45, 2.75) is 33.6 Å². The Labute approximate surface area is 110 Å². The van der Waals surface area contributed by atoms with Gasteiger partial charge < -0.3 is 10.1 Å². The van der Waals surface area contributed by atoms with Crippen LogP contribution in [0.1, 0.15) is 32.3 Å². The van der Waals surface area contributed by atoms with Crippen LogP contribution in [0.5, 0.6) is 5.75 Å². The number of hydrogen-bond acceptors (Lipinski definition) is 2. The minimum Gasteiger partial charge on any atom is -0.492 e. The molecule has 0 aromatic heterocycles. The monoisotopic (exact) mass is 249 g/mol. The maximum atomic E-state index is 11.4. The molecule has 0 fully saturated rings. The zero-order valence-electron chi connectivity index (χ0n) is 11.5. The highest BCUT2D eigenvalue weighted by Gasteiger charge is 2.02. The number of aryl methyl sites for hydroxylation is 1. The molecule has 1 amide bonds. The number of carbonyl (C=O) groups is 1. The zero-order chi connectivity index (χ0) is 13.4. The fourth-order valence-corrected chi connectivity index (χ4v) is 1.50. The summed E-state index contributed by atoms with van der Waals surface area (Å²) >= 11 is 0. The second-order valence-corrected chi connectivity index (χ2v) is 4.94. The number of ether oxygens (including phenoxy) is 1. The van der Waals surface area contributed by atoms with Gasteiger partial charge in [-0.1, -0.05) is 31.5 Å². The van der Waals surface area contributed by atoms with E-state index in [4.69, 9.17) is 4.74 Å². The van der Waals surface area contributed by atoms with Crippen LogP contribution in [-0.4, -0.2) is 19.1 Å². The lowest BCUT2D eigenvalue weighted by Crippen LogP contribution is -2.28. The first-order valence-electron chi connectivity index (χ1n) is 6.54. The molecule has 1 rings (SSSR count). The van der Waals surface area contributed by atoms with E-state index in [1.807, 2.05) is 31.2 Å². The lowest BCUT2D eigenvalue weighted by Gasteiger charge is -2.08. The van der Waals surface area contributed by atoms with Crippen molar-refractivity contribution in [1.29, 1.82) is 0 Å². The van der Waals surface area contributed by atoms with Crippen molar-refractivity contribution in [3.8, 4) is 5.75 Å². The predicted octanol–water partition coefficient (Wildman–Crippen LogP) is 2.93. The van der Waals surface area contributed by atoms with E-state index in [9.17, 15) is 4.79 Å². The molecule has 1 aromatic carbocycles. The standard InChI is InChI=1S/C15H23NO2/c1-12(2)4-9-15(17)16-10-11-18-14-7-5-13(3)6-8-14/h5-8,12H,4,9-11H2,1-3H3,(H,16,17). The molecule has 0 spiro atoms. The summed E-state index contributed by atoms with van der Waals surface area (Å²) in [4.78, 5) is 11.4. The van der Waals surface area contributed by atoms with Crippen LogP contribution in [-0.2, 0) is 4.79 Å². The van der Waals surface area contributed by atoms with Gasteiger partial charge in [-0.25, -0.2) is 0 Å². The largest absolute Gasteiger partial charge is 0.492 e. The van der Waals surface area contributed by atoms with Gasteiger partial charge in [0.25, 0.3) is 0 Å². The lowest BCUT2D eigenvalue weighted by atomic mass is 10.1. The molecule has 3 heteroatoms. The number of carbonyl (C=O) groups excluding carboxylic acids is 1.